The number of benzene rings is 1. The number of aryl methyl sites for hydroxylation is 1. The highest BCUT2D eigenvalue weighted by Crippen LogP contribution is 2.17. The van der Waals surface area contributed by atoms with E-state index in [0.717, 1.165) is 6.07 Å². The summed E-state index contributed by atoms with van der Waals surface area (Å²) in [5, 5.41) is 17.7. The Kier molecular flexibility index (Phi) is 3.08. The van der Waals surface area contributed by atoms with Crippen molar-refractivity contribution in [1.29, 1.82) is 0 Å². The van der Waals surface area contributed by atoms with E-state index in [9.17, 15) is 14.4 Å². The van der Waals surface area contributed by atoms with Crippen LogP contribution in [0.25, 0.3) is 0 Å². The van der Waals surface area contributed by atoms with Crippen molar-refractivity contribution >= 4 is 17.7 Å². The molecule has 1 aromatic carbocycles. The molecule has 0 amide bonds. The number of carbonyl (C=O) groups is 3. The first kappa shape index (κ1) is 11.9. The Hall–Kier alpha value is -2.17. The highest BCUT2D eigenvalue weighted by atomic mass is 16.4. The zero-order chi connectivity index (χ0) is 12.5. The summed E-state index contributed by atoms with van der Waals surface area (Å²) >= 11 is 0. The van der Waals surface area contributed by atoms with Crippen LogP contribution in [0.5, 0.6) is 0 Å². The lowest BCUT2D eigenvalue weighted by atomic mass is 9.97. The Bertz CT molecular complexity index is 487. The lowest BCUT2D eigenvalue weighted by Crippen LogP contribution is -2.10. The molecule has 0 saturated carbocycles. The van der Waals surface area contributed by atoms with Gasteiger partial charge in [0.05, 0.1) is 11.1 Å². The van der Waals surface area contributed by atoms with E-state index in [-0.39, 0.29) is 16.7 Å². The summed E-state index contributed by atoms with van der Waals surface area (Å²) < 4.78 is 0. The van der Waals surface area contributed by atoms with Gasteiger partial charge in [0, 0.05) is 5.56 Å². The Balaban J connectivity index is 3.55. The number of rotatable bonds is 3. The zero-order valence-electron chi connectivity index (χ0n) is 8.77. The molecular formula is C11H10O5. The highest BCUT2D eigenvalue weighted by Gasteiger charge is 2.18. The monoisotopic (exact) mass is 222 g/mol. The third-order valence-corrected chi connectivity index (χ3v) is 2.20. The molecule has 0 saturated heterocycles. The van der Waals surface area contributed by atoms with Crippen molar-refractivity contribution in [3.8, 4) is 0 Å². The summed E-state index contributed by atoms with van der Waals surface area (Å²) in [4.78, 5) is 32.9. The van der Waals surface area contributed by atoms with Gasteiger partial charge in [0.1, 0.15) is 0 Å². The van der Waals surface area contributed by atoms with Gasteiger partial charge in [-0.3, -0.25) is 4.79 Å². The van der Waals surface area contributed by atoms with Crippen LogP contribution >= 0.6 is 0 Å². The van der Waals surface area contributed by atoms with Crippen molar-refractivity contribution in [2.24, 2.45) is 0 Å². The van der Waals surface area contributed by atoms with E-state index in [4.69, 9.17) is 10.2 Å². The maximum Gasteiger partial charge on any atom is 0.336 e. The number of ketones is 1. The Morgan fingerprint density at radius 2 is 1.44 bits per heavy atom. The van der Waals surface area contributed by atoms with Gasteiger partial charge >= 0.3 is 11.9 Å². The Labute approximate surface area is 91.3 Å². The summed E-state index contributed by atoms with van der Waals surface area (Å²) in [5.41, 5.74) is -0.00407. The van der Waals surface area contributed by atoms with Crippen LogP contribution in [0.15, 0.2) is 12.1 Å². The standard InChI is InChI=1S/C11H10O5/c1-5-3-8(6(2)12)9(11(15)16)4-7(5)10(13)14/h3-4H,1-2H3,(H,13,14)(H,15,16). The molecule has 5 nitrogen and oxygen atoms in total. The quantitative estimate of drug-likeness (QED) is 0.757. The van der Waals surface area contributed by atoms with Gasteiger partial charge in [0.2, 0.25) is 0 Å². The van der Waals surface area contributed by atoms with Crippen molar-refractivity contribution in [2.45, 2.75) is 13.8 Å². The molecule has 1 rings (SSSR count). The second-order valence-corrected chi connectivity index (χ2v) is 3.38. The average Bonchev–Trinajstić information content (AvgIpc) is 2.15. The molecule has 84 valence electrons. The fourth-order valence-electron chi connectivity index (χ4n) is 1.41. The predicted octanol–water partition coefficient (Wildman–Crippen LogP) is 1.59. The van der Waals surface area contributed by atoms with Crippen molar-refractivity contribution in [3.63, 3.8) is 0 Å². The number of hydrogen-bond acceptors (Lipinski definition) is 3. The zero-order valence-corrected chi connectivity index (χ0v) is 8.77. The van der Waals surface area contributed by atoms with Gasteiger partial charge < -0.3 is 10.2 Å². The largest absolute Gasteiger partial charge is 0.478 e. The molecule has 0 aromatic heterocycles. The van der Waals surface area contributed by atoms with E-state index in [1.54, 1.807) is 0 Å². The van der Waals surface area contributed by atoms with Gasteiger partial charge in [0.15, 0.2) is 5.78 Å². The van der Waals surface area contributed by atoms with E-state index in [1.165, 1.54) is 19.9 Å². The van der Waals surface area contributed by atoms with E-state index in [0.29, 0.717) is 5.56 Å². The number of Topliss-reactive ketones (excluding diaryl/α,β-unsaturated/α-hetero) is 1. The highest BCUT2D eigenvalue weighted by molar-refractivity contribution is 6.06. The first-order valence-corrected chi connectivity index (χ1v) is 4.46. The molecule has 2 N–H and O–H groups in total. The van der Waals surface area contributed by atoms with Gasteiger partial charge in [0.25, 0.3) is 0 Å². The van der Waals surface area contributed by atoms with Crippen LogP contribution in [0.3, 0.4) is 0 Å². The fourth-order valence-corrected chi connectivity index (χ4v) is 1.41. The third kappa shape index (κ3) is 2.08. The minimum atomic E-state index is -1.31. The van der Waals surface area contributed by atoms with Gasteiger partial charge in [-0.25, -0.2) is 9.59 Å². The third-order valence-electron chi connectivity index (χ3n) is 2.20. The van der Waals surface area contributed by atoms with Crippen molar-refractivity contribution in [3.05, 3.63) is 34.4 Å². The average molecular weight is 222 g/mol. The van der Waals surface area contributed by atoms with E-state index in [1.807, 2.05) is 0 Å². The van der Waals surface area contributed by atoms with Crippen molar-refractivity contribution < 1.29 is 24.6 Å². The van der Waals surface area contributed by atoms with Gasteiger partial charge in [-0.2, -0.15) is 0 Å². The molecular weight excluding hydrogens is 212 g/mol. The molecule has 1 aromatic rings. The van der Waals surface area contributed by atoms with E-state index >= 15 is 0 Å². The molecule has 0 heterocycles. The van der Waals surface area contributed by atoms with Crippen LogP contribution in [-0.2, 0) is 0 Å². The molecule has 5 heteroatoms. The first-order valence-electron chi connectivity index (χ1n) is 4.46. The second kappa shape index (κ2) is 4.14. The summed E-state index contributed by atoms with van der Waals surface area (Å²) in [5.74, 6) is -2.93. The number of aromatic carboxylic acids is 2. The topological polar surface area (TPSA) is 91.7 Å². The molecule has 0 unspecified atom stereocenters. The minimum Gasteiger partial charge on any atom is -0.478 e. The maximum atomic E-state index is 11.2. The Morgan fingerprint density at radius 3 is 1.81 bits per heavy atom. The summed E-state index contributed by atoms with van der Waals surface area (Å²) in [6.07, 6.45) is 0. The number of hydrogen-bond donors (Lipinski definition) is 2. The van der Waals surface area contributed by atoms with E-state index < -0.39 is 17.7 Å². The van der Waals surface area contributed by atoms with Crippen molar-refractivity contribution in [1.82, 2.24) is 0 Å². The summed E-state index contributed by atoms with van der Waals surface area (Å²) in [6.45, 7) is 2.75. The number of carboxylic acid groups (broad SMARTS) is 2. The Morgan fingerprint density at radius 1 is 0.938 bits per heavy atom. The first-order chi connectivity index (χ1) is 7.34. The molecule has 0 aliphatic heterocycles. The second-order valence-electron chi connectivity index (χ2n) is 3.38. The van der Waals surface area contributed by atoms with Crippen LogP contribution in [0, 0.1) is 6.92 Å². The smallest absolute Gasteiger partial charge is 0.336 e. The van der Waals surface area contributed by atoms with E-state index in [2.05, 4.69) is 0 Å². The van der Waals surface area contributed by atoms with Gasteiger partial charge in [-0.1, -0.05) is 0 Å². The maximum absolute atomic E-state index is 11.2. The summed E-state index contributed by atoms with van der Waals surface area (Å²) in [7, 11) is 0. The molecule has 0 bridgehead atoms. The van der Waals surface area contributed by atoms with Crippen LogP contribution in [-0.4, -0.2) is 27.9 Å². The lowest BCUT2D eigenvalue weighted by molar-refractivity contribution is 0.0692. The number of carbonyl (C=O) groups excluding carboxylic acids is 1. The molecule has 0 aliphatic rings. The van der Waals surface area contributed by atoms with Gasteiger partial charge in [-0.15, -0.1) is 0 Å². The summed E-state index contributed by atoms with van der Waals surface area (Å²) in [6, 6.07) is 2.30. The normalized spacial score (nSPS) is 9.88. The van der Waals surface area contributed by atoms with Crippen LogP contribution in [0.2, 0.25) is 0 Å². The van der Waals surface area contributed by atoms with Crippen LogP contribution < -0.4 is 0 Å². The molecule has 0 radical (unpaired) electrons. The lowest BCUT2D eigenvalue weighted by Gasteiger charge is -2.07. The van der Waals surface area contributed by atoms with Crippen LogP contribution in [0.1, 0.15) is 43.6 Å². The number of carboxylic acids is 2. The predicted molar refractivity (Wildman–Crippen MR) is 55.1 cm³/mol. The molecule has 0 fully saturated rings. The molecule has 16 heavy (non-hydrogen) atoms. The molecule has 0 aliphatic carbocycles. The molecule has 0 spiro atoms. The van der Waals surface area contributed by atoms with Crippen molar-refractivity contribution in [2.75, 3.05) is 0 Å². The van der Waals surface area contributed by atoms with Gasteiger partial charge in [-0.05, 0) is 31.5 Å². The molecule has 0 atom stereocenters. The SMILES string of the molecule is CC(=O)c1cc(C)c(C(=O)O)cc1C(=O)O. The minimum absolute atomic E-state index is 0.0231. The van der Waals surface area contributed by atoms with Crippen LogP contribution in [0.4, 0.5) is 0 Å². The fraction of sp³-hybridized carbons (Fsp3) is 0.182.